The van der Waals surface area contributed by atoms with Crippen LogP contribution >= 0.6 is 11.6 Å². The van der Waals surface area contributed by atoms with Crippen molar-refractivity contribution in [1.29, 1.82) is 0 Å². The lowest BCUT2D eigenvalue weighted by molar-refractivity contribution is 0.250. The van der Waals surface area contributed by atoms with Gasteiger partial charge in [0.2, 0.25) is 10.0 Å². The first-order chi connectivity index (χ1) is 13.9. The third-order valence-corrected chi connectivity index (χ3v) is 5.79. The van der Waals surface area contributed by atoms with Gasteiger partial charge in [0.15, 0.2) is 6.23 Å². The Balaban J connectivity index is 1.53. The van der Waals surface area contributed by atoms with Crippen LogP contribution in [0.2, 0.25) is 5.02 Å². The minimum absolute atomic E-state index is 0.188. The standard InChI is InChI=1S/C21H22ClN3O3S/c1-16(25-21-7-2-3-13-23-21)28-19-6-4-5-17(15-19)12-14-24-29(26,27)20-10-8-18(22)9-11-20/h2-11,13,15-16,24H,12,14H2,1H3,(H,23,25). The molecule has 0 spiro atoms. The van der Waals surface area contributed by atoms with Gasteiger partial charge in [0.1, 0.15) is 11.6 Å². The fraction of sp³-hybridized carbons (Fsp3) is 0.190. The number of halogens is 1. The normalized spacial score (nSPS) is 12.3. The quantitative estimate of drug-likeness (QED) is 0.499. The number of nitrogens with one attached hydrogen (secondary N) is 2. The number of rotatable bonds is 9. The highest BCUT2D eigenvalue weighted by Crippen LogP contribution is 2.17. The first kappa shape index (κ1) is 21.1. The molecule has 0 saturated heterocycles. The van der Waals surface area contributed by atoms with Crippen LogP contribution in [0.1, 0.15) is 12.5 Å². The van der Waals surface area contributed by atoms with Gasteiger partial charge >= 0.3 is 0 Å². The molecule has 8 heteroatoms. The van der Waals surface area contributed by atoms with E-state index in [9.17, 15) is 8.42 Å². The summed E-state index contributed by atoms with van der Waals surface area (Å²) in [5, 5.41) is 3.65. The maximum atomic E-state index is 12.3. The van der Waals surface area contributed by atoms with Crippen molar-refractivity contribution in [2.24, 2.45) is 0 Å². The average Bonchev–Trinajstić information content (AvgIpc) is 2.69. The van der Waals surface area contributed by atoms with Crippen molar-refractivity contribution >= 4 is 27.4 Å². The van der Waals surface area contributed by atoms with E-state index in [1.807, 2.05) is 49.4 Å². The van der Waals surface area contributed by atoms with E-state index in [2.05, 4.69) is 15.0 Å². The molecule has 1 aromatic heterocycles. The zero-order valence-electron chi connectivity index (χ0n) is 15.9. The molecule has 3 rings (SSSR count). The van der Waals surface area contributed by atoms with Gasteiger partial charge in [0.05, 0.1) is 4.90 Å². The van der Waals surface area contributed by atoms with Gasteiger partial charge < -0.3 is 10.1 Å². The van der Waals surface area contributed by atoms with Crippen LogP contribution in [0.15, 0.2) is 77.8 Å². The Kier molecular flexibility index (Phi) is 7.09. The summed E-state index contributed by atoms with van der Waals surface area (Å²) in [4.78, 5) is 4.40. The van der Waals surface area contributed by atoms with Crippen LogP contribution in [-0.2, 0) is 16.4 Å². The lowest BCUT2D eigenvalue weighted by Crippen LogP contribution is -2.26. The molecule has 0 aliphatic heterocycles. The SMILES string of the molecule is CC(Nc1ccccn1)Oc1cccc(CCNS(=O)(=O)c2ccc(Cl)cc2)c1. The van der Waals surface area contributed by atoms with Gasteiger partial charge in [-0.3, -0.25) is 0 Å². The molecule has 2 N–H and O–H groups in total. The molecule has 2 aromatic carbocycles. The number of ether oxygens (including phenoxy) is 1. The molecule has 0 radical (unpaired) electrons. The molecule has 152 valence electrons. The number of aromatic nitrogens is 1. The van der Waals surface area contributed by atoms with E-state index < -0.39 is 10.0 Å². The van der Waals surface area contributed by atoms with Gasteiger partial charge in [-0.1, -0.05) is 29.8 Å². The monoisotopic (exact) mass is 431 g/mol. The lowest BCUT2D eigenvalue weighted by atomic mass is 10.1. The molecule has 1 heterocycles. The second-order valence-corrected chi connectivity index (χ2v) is 8.57. The summed E-state index contributed by atoms with van der Waals surface area (Å²) < 4.78 is 33.1. The molecule has 0 bridgehead atoms. The highest BCUT2D eigenvalue weighted by Gasteiger charge is 2.13. The zero-order chi connectivity index (χ0) is 20.7. The molecule has 1 atom stereocenters. The van der Waals surface area contributed by atoms with Crippen LogP contribution in [0.3, 0.4) is 0 Å². The van der Waals surface area contributed by atoms with E-state index in [0.29, 0.717) is 17.2 Å². The number of benzene rings is 2. The highest BCUT2D eigenvalue weighted by atomic mass is 35.5. The second-order valence-electron chi connectivity index (χ2n) is 6.37. The minimum atomic E-state index is -3.57. The fourth-order valence-electron chi connectivity index (χ4n) is 2.69. The number of hydrogen-bond donors (Lipinski definition) is 2. The molecule has 0 aliphatic carbocycles. The van der Waals surface area contributed by atoms with E-state index in [4.69, 9.17) is 16.3 Å². The van der Waals surface area contributed by atoms with E-state index in [-0.39, 0.29) is 17.7 Å². The summed E-state index contributed by atoms with van der Waals surface area (Å²) in [6.07, 6.45) is 1.97. The van der Waals surface area contributed by atoms with Crippen molar-refractivity contribution in [1.82, 2.24) is 9.71 Å². The topological polar surface area (TPSA) is 80.3 Å². The van der Waals surface area contributed by atoms with E-state index in [1.54, 1.807) is 18.3 Å². The molecule has 29 heavy (non-hydrogen) atoms. The van der Waals surface area contributed by atoms with E-state index in [0.717, 1.165) is 11.4 Å². The zero-order valence-corrected chi connectivity index (χ0v) is 17.5. The minimum Gasteiger partial charge on any atom is -0.471 e. The van der Waals surface area contributed by atoms with Crippen molar-refractivity contribution in [3.8, 4) is 5.75 Å². The third-order valence-electron chi connectivity index (χ3n) is 4.06. The summed E-state index contributed by atoms with van der Waals surface area (Å²) in [6.45, 7) is 2.16. The lowest BCUT2D eigenvalue weighted by Gasteiger charge is -2.17. The summed E-state index contributed by atoms with van der Waals surface area (Å²) in [5.74, 6) is 1.42. The summed E-state index contributed by atoms with van der Waals surface area (Å²) in [7, 11) is -3.57. The number of anilines is 1. The Morgan fingerprint density at radius 2 is 1.86 bits per heavy atom. The summed E-state index contributed by atoms with van der Waals surface area (Å²) in [5.41, 5.74) is 0.964. The summed E-state index contributed by atoms with van der Waals surface area (Å²) >= 11 is 5.81. The van der Waals surface area contributed by atoms with Crippen molar-refractivity contribution in [3.05, 3.63) is 83.5 Å². The van der Waals surface area contributed by atoms with Crippen LogP contribution in [0.4, 0.5) is 5.82 Å². The first-order valence-corrected chi connectivity index (χ1v) is 11.0. The molecule has 0 saturated carbocycles. The molecule has 6 nitrogen and oxygen atoms in total. The maximum absolute atomic E-state index is 12.3. The maximum Gasteiger partial charge on any atom is 0.240 e. The largest absolute Gasteiger partial charge is 0.471 e. The molecular weight excluding hydrogens is 410 g/mol. The van der Waals surface area contributed by atoms with E-state index in [1.165, 1.54) is 12.1 Å². The van der Waals surface area contributed by atoms with Gasteiger partial charge in [0.25, 0.3) is 0 Å². The Hall–Kier alpha value is -2.61. The molecule has 0 amide bonds. The molecule has 0 aliphatic rings. The Bertz CT molecular complexity index is 1030. The van der Waals surface area contributed by atoms with E-state index >= 15 is 0 Å². The van der Waals surface area contributed by atoms with Gasteiger partial charge in [-0.2, -0.15) is 0 Å². The molecule has 1 unspecified atom stereocenters. The molecule has 3 aromatic rings. The number of sulfonamides is 1. The number of pyridine rings is 1. The number of nitrogens with zero attached hydrogens (tertiary/aromatic N) is 1. The van der Waals surface area contributed by atoms with Crippen LogP contribution in [0, 0.1) is 0 Å². The Morgan fingerprint density at radius 1 is 1.07 bits per heavy atom. The van der Waals surface area contributed by atoms with Crippen LogP contribution in [0.25, 0.3) is 0 Å². The van der Waals surface area contributed by atoms with Gasteiger partial charge in [-0.15, -0.1) is 0 Å². The molecule has 0 fully saturated rings. The van der Waals surface area contributed by atoms with Gasteiger partial charge in [0, 0.05) is 17.8 Å². The van der Waals surface area contributed by atoms with Crippen molar-refractivity contribution in [2.45, 2.75) is 24.5 Å². The highest BCUT2D eigenvalue weighted by molar-refractivity contribution is 7.89. The van der Waals surface area contributed by atoms with Crippen LogP contribution in [-0.4, -0.2) is 26.2 Å². The van der Waals surface area contributed by atoms with Crippen molar-refractivity contribution in [3.63, 3.8) is 0 Å². The van der Waals surface area contributed by atoms with Gasteiger partial charge in [-0.25, -0.2) is 18.1 Å². The van der Waals surface area contributed by atoms with Crippen LogP contribution < -0.4 is 14.8 Å². The van der Waals surface area contributed by atoms with Crippen molar-refractivity contribution < 1.29 is 13.2 Å². The summed E-state index contributed by atoms with van der Waals surface area (Å²) in [6, 6.07) is 19.2. The number of hydrogen-bond acceptors (Lipinski definition) is 5. The Labute approximate surface area is 176 Å². The fourth-order valence-corrected chi connectivity index (χ4v) is 3.85. The predicted octanol–water partition coefficient (Wildman–Crippen LogP) is 4.09. The van der Waals surface area contributed by atoms with Crippen molar-refractivity contribution in [2.75, 3.05) is 11.9 Å². The smallest absolute Gasteiger partial charge is 0.240 e. The second kappa shape index (κ2) is 9.73. The average molecular weight is 432 g/mol. The molecular formula is C21H22ClN3O3S. The first-order valence-electron chi connectivity index (χ1n) is 9.11. The predicted molar refractivity (Wildman–Crippen MR) is 115 cm³/mol. The van der Waals surface area contributed by atoms with Gasteiger partial charge in [-0.05, 0) is 67.4 Å². The van der Waals surface area contributed by atoms with Crippen LogP contribution in [0.5, 0.6) is 5.75 Å². The Morgan fingerprint density at radius 3 is 2.59 bits per heavy atom. The third kappa shape index (κ3) is 6.45.